The Morgan fingerprint density at radius 1 is 1.21 bits per heavy atom. The minimum atomic E-state index is -3.53. The second kappa shape index (κ2) is 6.14. The van der Waals surface area contributed by atoms with Gasteiger partial charge in [0.15, 0.2) is 0 Å². The maximum Gasteiger partial charge on any atom is 0.233 e. The van der Waals surface area contributed by atoms with E-state index in [1.807, 2.05) is 52.0 Å². The van der Waals surface area contributed by atoms with Gasteiger partial charge in [-0.15, -0.1) is 0 Å². The number of rotatable bonds is 5. The number of hydrogen-bond acceptors (Lipinski definition) is 3. The van der Waals surface area contributed by atoms with Gasteiger partial charge < -0.3 is 4.74 Å². The van der Waals surface area contributed by atoms with Gasteiger partial charge in [0.05, 0.1) is 12.4 Å². The van der Waals surface area contributed by atoms with Gasteiger partial charge in [0, 0.05) is 16.6 Å². The van der Waals surface area contributed by atoms with E-state index >= 15 is 0 Å². The fraction of sp³-hybridized carbons (Fsp3) is 0.571. The molecule has 0 aliphatic carbocycles. The van der Waals surface area contributed by atoms with Crippen LogP contribution in [-0.2, 0) is 9.05 Å². The molecule has 0 bridgehead atoms. The number of halogens is 1. The lowest BCUT2D eigenvalue weighted by Crippen LogP contribution is -2.31. The van der Waals surface area contributed by atoms with Crippen LogP contribution in [0.15, 0.2) is 24.3 Å². The second-order valence-electron chi connectivity index (χ2n) is 5.89. The third kappa shape index (κ3) is 6.30. The van der Waals surface area contributed by atoms with Crippen LogP contribution in [0.25, 0.3) is 0 Å². The van der Waals surface area contributed by atoms with E-state index in [4.69, 9.17) is 15.4 Å². The zero-order valence-electron chi connectivity index (χ0n) is 11.8. The predicted molar refractivity (Wildman–Crippen MR) is 79.3 cm³/mol. The van der Waals surface area contributed by atoms with Crippen molar-refractivity contribution >= 4 is 19.7 Å². The quantitative estimate of drug-likeness (QED) is 0.781. The largest absolute Gasteiger partial charge is 0.493 e. The zero-order valence-corrected chi connectivity index (χ0v) is 13.4. The van der Waals surface area contributed by atoms with Gasteiger partial charge in [0.2, 0.25) is 9.05 Å². The summed E-state index contributed by atoms with van der Waals surface area (Å²) in [6.07, 6.45) is 0. The van der Waals surface area contributed by atoms with Crippen LogP contribution < -0.4 is 4.74 Å². The summed E-state index contributed by atoms with van der Waals surface area (Å²) in [4.78, 5) is 0. The van der Waals surface area contributed by atoms with E-state index in [0.29, 0.717) is 6.61 Å². The van der Waals surface area contributed by atoms with E-state index in [1.54, 1.807) is 0 Å². The van der Waals surface area contributed by atoms with Crippen molar-refractivity contribution in [1.82, 2.24) is 0 Å². The molecule has 0 N–H and O–H groups in total. The van der Waals surface area contributed by atoms with Crippen LogP contribution in [0.2, 0.25) is 0 Å². The van der Waals surface area contributed by atoms with Crippen molar-refractivity contribution in [1.29, 1.82) is 0 Å². The molecule has 0 saturated heterocycles. The molecule has 0 saturated carbocycles. The lowest BCUT2D eigenvalue weighted by atomic mass is 9.82. The Bertz CT molecular complexity index is 500. The van der Waals surface area contributed by atoms with Gasteiger partial charge in [-0.25, -0.2) is 8.42 Å². The molecule has 0 amide bonds. The molecule has 0 radical (unpaired) electrons. The van der Waals surface area contributed by atoms with Crippen molar-refractivity contribution in [3.8, 4) is 5.75 Å². The number of ether oxygens (including phenoxy) is 1. The van der Waals surface area contributed by atoms with E-state index in [1.165, 1.54) is 0 Å². The molecule has 1 aromatic carbocycles. The maximum atomic E-state index is 11.3. The Hall–Kier alpha value is -0.740. The SMILES string of the molecule is Cc1ccc(OCC(CS(=O)(=O)Cl)C(C)(C)C)cc1. The van der Waals surface area contributed by atoms with Gasteiger partial charge in [-0.05, 0) is 24.5 Å². The molecule has 0 spiro atoms. The van der Waals surface area contributed by atoms with E-state index in [-0.39, 0.29) is 17.1 Å². The van der Waals surface area contributed by atoms with Gasteiger partial charge in [-0.1, -0.05) is 38.5 Å². The lowest BCUT2D eigenvalue weighted by Gasteiger charge is -2.29. The average molecular weight is 305 g/mol. The van der Waals surface area contributed by atoms with E-state index in [9.17, 15) is 8.42 Å². The van der Waals surface area contributed by atoms with Crippen LogP contribution in [0.5, 0.6) is 5.75 Å². The summed E-state index contributed by atoms with van der Waals surface area (Å²) in [7, 11) is 1.83. The Balaban J connectivity index is 2.71. The molecule has 1 atom stereocenters. The average Bonchev–Trinajstić information content (AvgIpc) is 2.23. The number of aryl methyl sites for hydroxylation is 1. The first-order valence-corrected chi connectivity index (χ1v) is 8.67. The topological polar surface area (TPSA) is 43.4 Å². The fourth-order valence-corrected chi connectivity index (χ4v) is 3.15. The molecule has 0 heterocycles. The van der Waals surface area contributed by atoms with Crippen LogP contribution in [0, 0.1) is 18.3 Å². The number of benzene rings is 1. The summed E-state index contributed by atoms with van der Waals surface area (Å²) < 4.78 is 28.2. The molecule has 1 aromatic rings. The van der Waals surface area contributed by atoms with Crippen LogP contribution in [0.3, 0.4) is 0 Å². The zero-order chi connectivity index (χ0) is 14.7. The summed E-state index contributed by atoms with van der Waals surface area (Å²) >= 11 is 0. The first-order chi connectivity index (χ1) is 8.58. The van der Waals surface area contributed by atoms with Gasteiger partial charge in [-0.2, -0.15) is 0 Å². The Morgan fingerprint density at radius 3 is 2.16 bits per heavy atom. The molecule has 5 heteroatoms. The van der Waals surface area contributed by atoms with Gasteiger partial charge >= 0.3 is 0 Å². The Kier molecular flexibility index (Phi) is 5.27. The van der Waals surface area contributed by atoms with Crippen molar-refractivity contribution in [3.63, 3.8) is 0 Å². The van der Waals surface area contributed by atoms with E-state index in [2.05, 4.69) is 0 Å². The van der Waals surface area contributed by atoms with Crippen LogP contribution in [-0.4, -0.2) is 20.8 Å². The third-order valence-electron chi connectivity index (χ3n) is 3.10. The van der Waals surface area contributed by atoms with Gasteiger partial charge in [0.1, 0.15) is 5.75 Å². The first kappa shape index (κ1) is 16.3. The minimum absolute atomic E-state index is 0.0794. The first-order valence-electron chi connectivity index (χ1n) is 6.20. The summed E-state index contributed by atoms with van der Waals surface area (Å²) in [5.74, 6) is 0.507. The Labute approximate surface area is 120 Å². The van der Waals surface area contributed by atoms with Crippen molar-refractivity contribution in [3.05, 3.63) is 29.8 Å². The highest BCUT2D eigenvalue weighted by molar-refractivity contribution is 8.13. The van der Waals surface area contributed by atoms with Crippen molar-refractivity contribution < 1.29 is 13.2 Å². The van der Waals surface area contributed by atoms with Crippen LogP contribution >= 0.6 is 10.7 Å². The summed E-state index contributed by atoms with van der Waals surface area (Å²) in [6, 6.07) is 7.67. The van der Waals surface area contributed by atoms with Gasteiger partial charge in [0.25, 0.3) is 0 Å². The molecule has 108 valence electrons. The summed E-state index contributed by atoms with van der Waals surface area (Å²) in [6.45, 7) is 8.29. The normalized spacial score (nSPS) is 14.2. The van der Waals surface area contributed by atoms with E-state index in [0.717, 1.165) is 11.3 Å². The molecule has 1 rings (SSSR count). The molecule has 19 heavy (non-hydrogen) atoms. The second-order valence-corrected chi connectivity index (χ2v) is 8.71. The smallest absolute Gasteiger partial charge is 0.233 e. The standard InChI is InChI=1S/C14H21ClO3S/c1-11-5-7-13(8-6-11)18-9-12(14(2,3)4)10-19(15,16)17/h5-8,12H,9-10H2,1-4H3. The summed E-state index contributed by atoms with van der Waals surface area (Å²) in [5.41, 5.74) is 0.968. The van der Waals surface area contributed by atoms with E-state index < -0.39 is 9.05 Å². The summed E-state index contributed by atoms with van der Waals surface area (Å²) in [5, 5.41) is 0. The highest BCUT2D eigenvalue weighted by Crippen LogP contribution is 2.29. The van der Waals surface area contributed by atoms with Crippen molar-refractivity contribution in [2.45, 2.75) is 27.7 Å². The third-order valence-corrected chi connectivity index (χ3v) is 4.28. The predicted octanol–water partition coefficient (Wildman–Crippen LogP) is 3.60. The molecule has 3 nitrogen and oxygen atoms in total. The highest BCUT2D eigenvalue weighted by Gasteiger charge is 2.29. The minimum Gasteiger partial charge on any atom is -0.493 e. The molecule has 0 aliphatic rings. The van der Waals surface area contributed by atoms with Crippen LogP contribution in [0.1, 0.15) is 26.3 Å². The molecule has 0 fully saturated rings. The monoisotopic (exact) mass is 304 g/mol. The lowest BCUT2D eigenvalue weighted by molar-refractivity contribution is 0.163. The fourth-order valence-electron chi connectivity index (χ4n) is 1.62. The Morgan fingerprint density at radius 2 is 1.74 bits per heavy atom. The highest BCUT2D eigenvalue weighted by atomic mass is 35.7. The number of hydrogen-bond donors (Lipinski definition) is 0. The van der Waals surface area contributed by atoms with Crippen molar-refractivity contribution in [2.75, 3.05) is 12.4 Å². The van der Waals surface area contributed by atoms with Crippen molar-refractivity contribution in [2.24, 2.45) is 11.3 Å². The van der Waals surface area contributed by atoms with Crippen LogP contribution in [0.4, 0.5) is 0 Å². The molecule has 0 aromatic heterocycles. The van der Waals surface area contributed by atoms with Gasteiger partial charge in [-0.3, -0.25) is 0 Å². The molecule has 1 unspecified atom stereocenters. The molecular formula is C14H21ClO3S. The molecular weight excluding hydrogens is 284 g/mol. The molecule has 0 aliphatic heterocycles. The maximum absolute atomic E-state index is 11.3.